The van der Waals surface area contributed by atoms with Gasteiger partial charge in [0.1, 0.15) is 11.6 Å². The number of amides is 1. The molecule has 1 unspecified atom stereocenters. The molecule has 1 N–H and O–H groups in total. The Hall–Kier alpha value is -2.78. The van der Waals surface area contributed by atoms with Crippen LogP contribution in [0, 0.1) is 5.82 Å². The van der Waals surface area contributed by atoms with Gasteiger partial charge < -0.3 is 10.1 Å². The highest BCUT2D eigenvalue weighted by Crippen LogP contribution is 2.31. The molecule has 0 aliphatic heterocycles. The molecule has 1 atom stereocenters. The van der Waals surface area contributed by atoms with Gasteiger partial charge in [-0.2, -0.15) is 13.2 Å². The number of hydrogen-bond donors (Lipinski definition) is 1. The molecule has 1 amide bonds. The largest absolute Gasteiger partial charge is 0.573 e. The smallest absolute Gasteiger partial charge is 0.406 e. The van der Waals surface area contributed by atoms with Gasteiger partial charge in [0.15, 0.2) is 0 Å². The third kappa shape index (κ3) is 6.64. The predicted molar refractivity (Wildman–Crippen MR) is 94.3 cm³/mol. The van der Waals surface area contributed by atoms with Crippen molar-refractivity contribution in [1.29, 1.82) is 0 Å². The van der Waals surface area contributed by atoms with Crippen LogP contribution in [-0.4, -0.2) is 12.3 Å². The lowest BCUT2D eigenvalue weighted by atomic mass is 10.00. The molecule has 0 saturated carbocycles. The van der Waals surface area contributed by atoms with Crippen molar-refractivity contribution < 1.29 is 40.3 Å². The van der Waals surface area contributed by atoms with E-state index in [0.29, 0.717) is 24.5 Å². The second kappa shape index (κ2) is 9.36. The number of carbonyl (C=O) groups excluding carboxylic acids is 1. The molecular weight excluding hydrogens is 419 g/mol. The number of unbranched alkanes of at least 4 members (excludes halogenated alkanes) is 1. The van der Waals surface area contributed by atoms with E-state index in [0.717, 1.165) is 24.6 Å². The van der Waals surface area contributed by atoms with Gasteiger partial charge >= 0.3 is 12.5 Å². The molecule has 0 aliphatic rings. The van der Waals surface area contributed by atoms with Crippen LogP contribution in [-0.2, 0) is 6.18 Å². The molecule has 0 heterocycles. The maximum Gasteiger partial charge on any atom is 0.573 e. The van der Waals surface area contributed by atoms with Gasteiger partial charge in [0.05, 0.1) is 17.2 Å². The molecule has 0 aromatic heterocycles. The van der Waals surface area contributed by atoms with Crippen molar-refractivity contribution in [3.05, 3.63) is 65.0 Å². The third-order valence-electron chi connectivity index (χ3n) is 4.21. The van der Waals surface area contributed by atoms with E-state index < -0.39 is 47.2 Å². The van der Waals surface area contributed by atoms with Gasteiger partial charge in [0.2, 0.25) is 0 Å². The zero-order valence-electron chi connectivity index (χ0n) is 15.7. The van der Waals surface area contributed by atoms with Crippen molar-refractivity contribution in [1.82, 2.24) is 5.32 Å². The zero-order valence-corrected chi connectivity index (χ0v) is 15.7. The van der Waals surface area contributed by atoms with Crippen LogP contribution in [0.5, 0.6) is 5.75 Å². The van der Waals surface area contributed by atoms with Crippen LogP contribution in [0.15, 0.2) is 42.5 Å². The SMILES string of the molecule is CCCCC(NC(=O)c1ccc(C(F)(F)F)cc1F)c1ccc(OC(F)(F)F)cc1. The fraction of sp³-hybridized carbons (Fsp3) is 0.350. The Bertz CT molecular complexity index is 861. The lowest BCUT2D eigenvalue weighted by molar-refractivity contribution is -0.274. The maximum absolute atomic E-state index is 14.1. The second-order valence-electron chi connectivity index (χ2n) is 6.48. The number of halogens is 7. The molecule has 0 saturated heterocycles. The minimum Gasteiger partial charge on any atom is -0.406 e. The molecule has 164 valence electrons. The number of hydrogen-bond acceptors (Lipinski definition) is 2. The van der Waals surface area contributed by atoms with Crippen LogP contribution in [0.3, 0.4) is 0 Å². The van der Waals surface area contributed by atoms with Gasteiger partial charge in [-0.25, -0.2) is 4.39 Å². The van der Waals surface area contributed by atoms with E-state index in [1.165, 1.54) is 12.1 Å². The minimum absolute atomic E-state index is 0.235. The molecule has 30 heavy (non-hydrogen) atoms. The van der Waals surface area contributed by atoms with Crippen molar-refractivity contribution >= 4 is 5.91 Å². The number of alkyl halides is 6. The lowest BCUT2D eigenvalue weighted by Crippen LogP contribution is -2.29. The van der Waals surface area contributed by atoms with Crippen LogP contribution in [0.1, 0.15) is 53.7 Å². The average molecular weight is 437 g/mol. The molecule has 0 aliphatic carbocycles. The number of ether oxygens (including phenoxy) is 1. The zero-order chi connectivity index (χ0) is 22.5. The normalized spacial score (nSPS) is 13.1. The quantitative estimate of drug-likeness (QED) is 0.509. The average Bonchev–Trinajstić information content (AvgIpc) is 2.63. The molecule has 3 nitrogen and oxygen atoms in total. The van der Waals surface area contributed by atoms with Crippen molar-refractivity contribution in [3.8, 4) is 5.75 Å². The first kappa shape index (κ1) is 23.5. The molecule has 0 fully saturated rings. The fourth-order valence-corrected chi connectivity index (χ4v) is 2.74. The summed E-state index contributed by atoms with van der Waals surface area (Å²) in [6.07, 6.45) is -7.82. The van der Waals surface area contributed by atoms with Crippen molar-refractivity contribution in [2.24, 2.45) is 0 Å². The lowest BCUT2D eigenvalue weighted by Gasteiger charge is -2.20. The van der Waals surface area contributed by atoms with Crippen molar-refractivity contribution in [2.75, 3.05) is 0 Å². The van der Waals surface area contributed by atoms with Gasteiger partial charge in [0, 0.05) is 0 Å². The van der Waals surface area contributed by atoms with E-state index in [4.69, 9.17) is 0 Å². The van der Waals surface area contributed by atoms with Gasteiger partial charge in [0.25, 0.3) is 5.91 Å². The highest BCUT2D eigenvalue weighted by Gasteiger charge is 2.32. The third-order valence-corrected chi connectivity index (χ3v) is 4.21. The number of benzene rings is 2. The molecule has 2 aromatic carbocycles. The number of carbonyl (C=O) groups is 1. The van der Waals surface area contributed by atoms with Crippen LogP contribution >= 0.6 is 0 Å². The summed E-state index contributed by atoms with van der Waals surface area (Å²) in [6.45, 7) is 1.88. The molecule has 0 spiro atoms. The van der Waals surface area contributed by atoms with Crippen LogP contribution < -0.4 is 10.1 Å². The maximum atomic E-state index is 14.1. The Labute approximate surface area is 167 Å². The molecule has 0 bridgehead atoms. The van der Waals surface area contributed by atoms with Crippen LogP contribution in [0.2, 0.25) is 0 Å². The van der Waals surface area contributed by atoms with Gasteiger partial charge in [-0.15, -0.1) is 13.2 Å². The fourth-order valence-electron chi connectivity index (χ4n) is 2.74. The Balaban J connectivity index is 2.21. The summed E-state index contributed by atoms with van der Waals surface area (Å²) in [4.78, 5) is 12.4. The summed E-state index contributed by atoms with van der Waals surface area (Å²) in [7, 11) is 0. The Morgan fingerprint density at radius 2 is 1.67 bits per heavy atom. The summed E-state index contributed by atoms with van der Waals surface area (Å²) in [5.74, 6) is -2.70. The number of nitrogens with one attached hydrogen (secondary N) is 1. The standard InChI is InChI=1S/C20H18F7NO2/c1-2-3-4-17(12-5-8-14(9-6-12)30-20(25,26)27)28-18(29)15-10-7-13(11-16(15)21)19(22,23)24/h5-11,17H,2-4H2,1H3,(H,28,29). The summed E-state index contributed by atoms with van der Waals surface area (Å²) < 4.78 is 92.7. The molecule has 2 aromatic rings. The molecule has 0 radical (unpaired) electrons. The van der Waals surface area contributed by atoms with Gasteiger partial charge in [-0.1, -0.05) is 31.9 Å². The van der Waals surface area contributed by atoms with E-state index in [1.807, 2.05) is 6.92 Å². The first-order valence-corrected chi connectivity index (χ1v) is 8.94. The van der Waals surface area contributed by atoms with Crippen LogP contribution in [0.25, 0.3) is 0 Å². The highest BCUT2D eigenvalue weighted by molar-refractivity contribution is 5.94. The minimum atomic E-state index is -4.85. The van der Waals surface area contributed by atoms with Gasteiger partial charge in [-0.3, -0.25) is 4.79 Å². The second-order valence-corrected chi connectivity index (χ2v) is 6.48. The van der Waals surface area contributed by atoms with E-state index in [9.17, 15) is 35.5 Å². The molecule has 2 rings (SSSR count). The predicted octanol–water partition coefficient (Wildman–Crippen LogP) is 6.40. The number of rotatable bonds is 7. The first-order chi connectivity index (χ1) is 13.9. The summed E-state index contributed by atoms with van der Waals surface area (Å²) >= 11 is 0. The summed E-state index contributed by atoms with van der Waals surface area (Å²) in [5.41, 5.74) is -1.35. The van der Waals surface area contributed by atoms with E-state index in [-0.39, 0.29) is 6.07 Å². The van der Waals surface area contributed by atoms with Crippen LogP contribution in [0.4, 0.5) is 30.7 Å². The van der Waals surface area contributed by atoms with Crippen molar-refractivity contribution in [3.63, 3.8) is 0 Å². The molecule has 10 heteroatoms. The van der Waals surface area contributed by atoms with E-state index in [1.54, 1.807) is 0 Å². The topological polar surface area (TPSA) is 38.3 Å². The first-order valence-electron chi connectivity index (χ1n) is 8.94. The Morgan fingerprint density at radius 3 is 2.17 bits per heavy atom. The Kier molecular flexibility index (Phi) is 7.33. The molecular formula is C20H18F7NO2. The van der Waals surface area contributed by atoms with E-state index >= 15 is 0 Å². The summed E-state index contributed by atoms with van der Waals surface area (Å²) in [6, 6.07) is 5.69. The Morgan fingerprint density at radius 1 is 1.03 bits per heavy atom. The van der Waals surface area contributed by atoms with Crippen molar-refractivity contribution in [2.45, 2.75) is 44.8 Å². The summed E-state index contributed by atoms with van der Waals surface area (Å²) in [5, 5.41) is 2.53. The van der Waals surface area contributed by atoms with E-state index in [2.05, 4.69) is 10.1 Å². The highest BCUT2D eigenvalue weighted by atomic mass is 19.4. The monoisotopic (exact) mass is 437 g/mol. The van der Waals surface area contributed by atoms with Gasteiger partial charge in [-0.05, 0) is 42.3 Å².